The Hall–Kier alpha value is -1.29. The van der Waals surface area contributed by atoms with Crippen LogP contribution in [0.5, 0.6) is 5.75 Å². The largest absolute Gasteiger partial charge is 0.487 e. The molecule has 1 unspecified atom stereocenters. The van der Waals surface area contributed by atoms with Crippen LogP contribution in [-0.2, 0) is 0 Å². The molecule has 1 fully saturated rings. The van der Waals surface area contributed by atoms with E-state index in [1.165, 1.54) is 12.8 Å². The van der Waals surface area contributed by atoms with Gasteiger partial charge in [-0.25, -0.2) is 4.98 Å². The summed E-state index contributed by atoms with van der Waals surface area (Å²) in [7, 11) is 0. The Balaban J connectivity index is 2.09. The van der Waals surface area contributed by atoms with Crippen molar-refractivity contribution in [1.82, 2.24) is 10.3 Å². The van der Waals surface area contributed by atoms with Crippen LogP contribution in [0, 0.1) is 5.92 Å². The van der Waals surface area contributed by atoms with Crippen LogP contribution in [0.4, 0.5) is 5.82 Å². The average Bonchev–Trinajstić information content (AvgIpc) is 2.46. The zero-order chi connectivity index (χ0) is 14.4. The second-order valence-corrected chi connectivity index (χ2v) is 5.74. The van der Waals surface area contributed by atoms with Crippen LogP contribution in [0.1, 0.15) is 33.6 Å². The summed E-state index contributed by atoms with van der Waals surface area (Å²) in [6, 6.07) is 3.96. The van der Waals surface area contributed by atoms with Crippen LogP contribution in [0.15, 0.2) is 18.3 Å². The first-order valence-corrected chi connectivity index (χ1v) is 7.78. The van der Waals surface area contributed by atoms with E-state index in [0.29, 0.717) is 5.92 Å². The minimum Gasteiger partial charge on any atom is -0.487 e. The molecule has 1 aliphatic rings. The number of pyridine rings is 1. The summed E-state index contributed by atoms with van der Waals surface area (Å²) in [4.78, 5) is 6.89. The molecule has 0 aliphatic carbocycles. The molecule has 4 heteroatoms. The molecule has 20 heavy (non-hydrogen) atoms. The Morgan fingerprint density at radius 2 is 2.35 bits per heavy atom. The zero-order valence-corrected chi connectivity index (χ0v) is 12.9. The maximum absolute atomic E-state index is 5.90. The van der Waals surface area contributed by atoms with Crippen LogP contribution < -0.4 is 15.0 Å². The summed E-state index contributed by atoms with van der Waals surface area (Å²) in [5, 5.41) is 3.48. The summed E-state index contributed by atoms with van der Waals surface area (Å²) in [5.41, 5.74) is 0. The number of rotatable bonds is 6. The van der Waals surface area contributed by atoms with Crippen LogP contribution >= 0.6 is 0 Å². The lowest BCUT2D eigenvalue weighted by molar-refractivity contribution is 0.241. The maximum Gasteiger partial charge on any atom is 0.171 e. The van der Waals surface area contributed by atoms with Gasteiger partial charge in [0.05, 0.1) is 6.10 Å². The Kier molecular flexibility index (Phi) is 5.65. The van der Waals surface area contributed by atoms with Gasteiger partial charge in [0, 0.05) is 19.3 Å². The number of ether oxygens (including phenoxy) is 1. The highest BCUT2D eigenvalue weighted by molar-refractivity contribution is 5.52. The summed E-state index contributed by atoms with van der Waals surface area (Å²) < 4.78 is 5.90. The minimum absolute atomic E-state index is 0.174. The zero-order valence-electron chi connectivity index (χ0n) is 12.9. The standard InChI is InChI=1S/C16H27N3O/c1-4-19(12-14-7-5-9-17-11-14)16-15(20-13(2)3)8-6-10-18-16/h6,8,10,13-14,17H,4-5,7,9,11-12H2,1-3H3. The number of anilines is 1. The van der Waals surface area contributed by atoms with E-state index in [1.54, 1.807) is 0 Å². The van der Waals surface area contributed by atoms with Crippen molar-refractivity contribution in [2.45, 2.75) is 39.7 Å². The van der Waals surface area contributed by atoms with E-state index in [1.807, 2.05) is 18.3 Å². The number of nitrogens with one attached hydrogen (secondary N) is 1. The Bertz CT molecular complexity index is 402. The highest BCUT2D eigenvalue weighted by Gasteiger charge is 2.19. The third-order valence-electron chi connectivity index (χ3n) is 3.67. The van der Waals surface area contributed by atoms with Gasteiger partial charge in [0.15, 0.2) is 11.6 Å². The lowest BCUT2D eigenvalue weighted by Gasteiger charge is -2.31. The molecule has 0 bridgehead atoms. The van der Waals surface area contributed by atoms with Crippen molar-refractivity contribution in [2.75, 3.05) is 31.1 Å². The van der Waals surface area contributed by atoms with Crippen LogP contribution in [0.25, 0.3) is 0 Å². The van der Waals surface area contributed by atoms with E-state index >= 15 is 0 Å². The second-order valence-electron chi connectivity index (χ2n) is 5.74. The Morgan fingerprint density at radius 3 is 3.00 bits per heavy atom. The van der Waals surface area contributed by atoms with Gasteiger partial charge in [-0.15, -0.1) is 0 Å². The predicted molar refractivity (Wildman–Crippen MR) is 83.5 cm³/mol. The first kappa shape index (κ1) is 15.1. The second kappa shape index (κ2) is 7.48. The van der Waals surface area contributed by atoms with Crippen molar-refractivity contribution in [3.05, 3.63) is 18.3 Å². The number of hydrogen-bond donors (Lipinski definition) is 1. The van der Waals surface area contributed by atoms with Crippen molar-refractivity contribution in [1.29, 1.82) is 0 Å². The minimum atomic E-state index is 0.174. The highest BCUT2D eigenvalue weighted by Crippen LogP contribution is 2.27. The summed E-state index contributed by atoms with van der Waals surface area (Å²) >= 11 is 0. The van der Waals surface area contributed by atoms with Gasteiger partial charge in [-0.2, -0.15) is 0 Å². The van der Waals surface area contributed by atoms with E-state index in [-0.39, 0.29) is 6.10 Å². The molecule has 1 saturated heterocycles. The van der Waals surface area contributed by atoms with Gasteiger partial charge in [0.1, 0.15) is 0 Å². The lowest BCUT2D eigenvalue weighted by Crippen LogP contribution is -2.38. The van der Waals surface area contributed by atoms with Gasteiger partial charge in [-0.3, -0.25) is 0 Å². The molecule has 4 nitrogen and oxygen atoms in total. The lowest BCUT2D eigenvalue weighted by atomic mass is 9.99. The van der Waals surface area contributed by atoms with E-state index in [0.717, 1.165) is 37.7 Å². The quantitative estimate of drug-likeness (QED) is 0.867. The summed E-state index contributed by atoms with van der Waals surface area (Å²) in [5.74, 6) is 2.58. The van der Waals surface area contributed by atoms with Crippen LogP contribution in [0.2, 0.25) is 0 Å². The molecule has 0 radical (unpaired) electrons. The van der Waals surface area contributed by atoms with Gasteiger partial charge in [-0.1, -0.05) is 0 Å². The predicted octanol–water partition coefficient (Wildman–Crippen LogP) is 2.69. The number of piperidine rings is 1. The van der Waals surface area contributed by atoms with Crippen LogP contribution in [0.3, 0.4) is 0 Å². The summed E-state index contributed by atoms with van der Waals surface area (Å²) in [6.45, 7) is 10.6. The Morgan fingerprint density at radius 1 is 1.50 bits per heavy atom. The van der Waals surface area contributed by atoms with Gasteiger partial charge in [0.2, 0.25) is 0 Å². The summed E-state index contributed by atoms with van der Waals surface area (Å²) in [6.07, 6.45) is 4.61. The third-order valence-corrected chi connectivity index (χ3v) is 3.67. The molecule has 0 saturated carbocycles. The van der Waals surface area contributed by atoms with Gasteiger partial charge < -0.3 is 15.0 Å². The smallest absolute Gasteiger partial charge is 0.171 e. The molecule has 0 amide bonds. The van der Waals surface area contributed by atoms with Crippen molar-refractivity contribution < 1.29 is 4.74 Å². The molecule has 2 rings (SSSR count). The first-order chi connectivity index (χ1) is 9.70. The third kappa shape index (κ3) is 4.10. The molecule has 1 atom stereocenters. The first-order valence-electron chi connectivity index (χ1n) is 7.78. The Labute approximate surface area is 122 Å². The number of nitrogens with zero attached hydrogens (tertiary/aromatic N) is 2. The molecule has 1 aliphatic heterocycles. The fourth-order valence-electron chi connectivity index (χ4n) is 2.72. The molecule has 0 spiro atoms. The van der Waals surface area contributed by atoms with E-state index in [9.17, 15) is 0 Å². The fourth-order valence-corrected chi connectivity index (χ4v) is 2.72. The average molecular weight is 277 g/mol. The van der Waals surface area contributed by atoms with E-state index in [4.69, 9.17) is 4.74 Å². The maximum atomic E-state index is 5.90. The van der Waals surface area contributed by atoms with Crippen molar-refractivity contribution in [3.63, 3.8) is 0 Å². The molecular weight excluding hydrogens is 250 g/mol. The highest BCUT2D eigenvalue weighted by atomic mass is 16.5. The molecule has 0 aromatic carbocycles. The molecule has 112 valence electrons. The van der Waals surface area contributed by atoms with E-state index < -0.39 is 0 Å². The fraction of sp³-hybridized carbons (Fsp3) is 0.688. The van der Waals surface area contributed by atoms with Gasteiger partial charge in [-0.05, 0) is 64.8 Å². The van der Waals surface area contributed by atoms with Crippen LogP contribution in [-0.4, -0.2) is 37.3 Å². The molecule has 1 aromatic rings. The van der Waals surface area contributed by atoms with Crippen molar-refractivity contribution in [3.8, 4) is 5.75 Å². The van der Waals surface area contributed by atoms with Gasteiger partial charge in [0.25, 0.3) is 0 Å². The number of hydrogen-bond acceptors (Lipinski definition) is 4. The molecule has 2 heterocycles. The van der Waals surface area contributed by atoms with Gasteiger partial charge >= 0.3 is 0 Å². The van der Waals surface area contributed by atoms with Crippen molar-refractivity contribution in [2.24, 2.45) is 5.92 Å². The normalized spacial score (nSPS) is 19.1. The molecular formula is C16H27N3O. The monoisotopic (exact) mass is 277 g/mol. The molecule has 1 N–H and O–H groups in total. The number of aromatic nitrogens is 1. The van der Waals surface area contributed by atoms with Crippen molar-refractivity contribution >= 4 is 5.82 Å². The topological polar surface area (TPSA) is 37.4 Å². The SMILES string of the molecule is CCN(CC1CCCNC1)c1ncccc1OC(C)C. The van der Waals surface area contributed by atoms with E-state index in [2.05, 4.69) is 36.0 Å². The molecule has 1 aromatic heterocycles.